The Hall–Kier alpha value is -0.120. The average molecular weight is 296 g/mol. The van der Waals surface area contributed by atoms with Crippen LogP contribution < -0.4 is 5.32 Å². The van der Waals surface area contributed by atoms with Crippen LogP contribution in [0.4, 0.5) is 0 Å². The van der Waals surface area contributed by atoms with Gasteiger partial charge in [-0.15, -0.1) is 0 Å². The summed E-state index contributed by atoms with van der Waals surface area (Å²) in [5, 5.41) is 3.80. The van der Waals surface area contributed by atoms with Crippen LogP contribution in [0, 0.1) is 5.41 Å². The molecule has 124 valence electrons. The van der Waals surface area contributed by atoms with Gasteiger partial charge in [0.1, 0.15) is 0 Å². The molecule has 0 aromatic rings. The first-order valence-corrected chi connectivity index (χ1v) is 8.93. The summed E-state index contributed by atoms with van der Waals surface area (Å²) in [7, 11) is 1.86. The molecule has 0 radical (unpaired) electrons. The van der Waals surface area contributed by atoms with E-state index in [1.165, 1.54) is 64.6 Å². The van der Waals surface area contributed by atoms with Crippen LogP contribution in [0.25, 0.3) is 0 Å². The molecule has 3 nitrogen and oxygen atoms in total. The SMILES string of the molecule is COC1CCN(CC2(CNC(C)(C)C)CCCCCC2)C1. The minimum Gasteiger partial charge on any atom is -0.380 e. The van der Waals surface area contributed by atoms with E-state index in [0.717, 1.165) is 6.54 Å². The molecule has 1 N–H and O–H groups in total. The van der Waals surface area contributed by atoms with Gasteiger partial charge < -0.3 is 15.0 Å². The van der Waals surface area contributed by atoms with Gasteiger partial charge in [0, 0.05) is 38.8 Å². The maximum absolute atomic E-state index is 5.55. The van der Waals surface area contributed by atoms with E-state index in [2.05, 4.69) is 31.0 Å². The van der Waals surface area contributed by atoms with E-state index >= 15 is 0 Å². The van der Waals surface area contributed by atoms with Crippen LogP contribution in [0.1, 0.15) is 65.7 Å². The molecule has 0 bridgehead atoms. The smallest absolute Gasteiger partial charge is 0.0710 e. The third-order valence-corrected chi connectivity index (χ3v) is 5.28. The van der Waals surface area contributed by atoms with Crippen molar-refractivity contribution < 1.29 is 4.74 Å². The third-order valence-electron chi connectivity index (χ3n) is 5.28. The summed E-state index contributed by atoms with van der Waals surface area (Å²) >= 11 is 0. The number of methoxy groups -OCH3 is 1. The highest BCUT2D eigenvalue weighted by atomic mass is 16.5. The van der Waals surface area contributed by atoms with Crippen molar-refractivity contribution >= 4 is 0 Å². The van der Waals surface area contributed by atoms with Crippen LogP contribution in [0.2, 0.25) is 0 Å². The topological polar surface area (TPSA) is 24.5 Å². The molecule has 2 aliphatic rings. The first-order valence-electron chi connectivity index (χ1n) is 8.93. The molecule has 1 saturated heterocycles. The number of nitrogens with one attached hydrogen (secondary N) is 1. The number of hydrogen-bond acceptors (Lipinski definition) is 3. The Morgan fingerprint density at radius 1 is 1.14 bits per heavy atom. The second-order valence-electron chi connectivity index (χ2n) is 8.40. The fraction of sp³-hybridized carbons (Fsp3) is 1.00. The molecule has 21 heavy (non-hydrogen) atoms. The van der Waals surface area contributed by atoms with Crippen molar-refractivity contribution in [1.29, 1.82) is 0 Å². The summed E-state index contributed by atoms with van der Waals surface area (Å²) in [5.41, 5.74) is 0.700. The molecule has 0 amide bonds. The van der Waals surface area contributed by atoms with E-state index in [-0.39, 0.29) is 5.54 Å². The maximum atomic E-state index is 5.55. The Morgan fingerprint density at radius 2 is 1.81 bits per heavy atom. The van der Waals surface area contributed by atoms with Crippen molar-refractivity contribution in [3.8, 4) is 0 Å². The van der Waals surface area contributed by atoms with Gasteiger partial charge in [-0.1, -0.05) is 25.7 Å². The number of hydrogen-bond donors (Lipinski definition) is 1. The molecular formula is C18H36N2O. The molecule has 2 rings (SSSR count). The maximum Gasteiger partial charge on any atom is 0.0710 e. The summed E-state index contributed by atoms with van der Waals surface area (Å²) < 4.78 is 5.55. The van der Waals surface area contributed by atoms with Crippen molar-refractivity contribution in [2.75, 3.05) is 33.3 Å². The monoisotopic (exact) mass is 296 g/mol. The fourth-order valence-corrected chi connectivity index (χ4v) is 3.93. The standard InChI is InChI=1S/C18H36N2O/c1-17(2,3)19-14-18(10-7-5-6-8-11-18)15-20-12-9-16(13-20)21-4/h16,19H,5-15H2,1-4H3. The molecule has 1 unspecified atom stereocenters. The Morgan fingerprint density at radius 3 is 2.33 bits per heavy atom. The average Bonchev–Trinajstić information content (AvgIpc) is 2.74. The predicted molar refractivity (Wildman–Crippen MR) is 89.7 cm³/mol. The van der Waals surface area contributed by atoms with Gasteiger partial charge in [0.25, 0.3) is 0 Å². The third kappa shape index (κ3) is 5.54. The second-order valence-corrected chi connectivity index (χ2v) is 8.40. The van der Waals surface area contributed by atoms with Gasteiger partial charge in [-0.05, 0) is 45.4 Å². The summed E-state index contributed by atoms with van der Waals surface area (Å²) in [6.07, 6.45) is 10.1. The lowest BCUT2D eigenvalue weighted by Crippen LogP contribution is -2.48. The number of ether oxygens (including phenoxy) is 1. The molecule has 1 aliphatic carbocycles. The minimum atomic E-state index is 0.222. The summed E-state index contributed by atoms with van der Waals surface area (Å²) in [6.45, 7) is 11.6. The lowest BCUT2D eigenvalue weighted by Gasteiger charge is -2.39. The molecule has 0 aromatic carbocycles. The van der Waals surface area contributed by atoms with Gasteiger partial charge in [0.05, 0.1) is 6.10 Å². The quantitative estimate of drug-likeness (QED) is 0.787. The normalized spacial score (nSPS) is 27.7. The highest BCUT2D eigenvalue weighted by Crippen LogP contribution is 2.36. The molecule has 0 spiro atoms. The molecule has 2 fully saturated rings. The molecular weight excluding hydrogens is 260 g/mol. The van der Waals surface area contributed by atoms with Crippen LogP contribution in [0.5, 0.6) is 0 Å². The van der Waals surface area contributed by atoms with Crippen molar-refractivity contribution in [3.63, 3.8) is 0 Å². The lowest BCUT2D eigenvalue weighted by molar-refractivity contribution is 0.0899. The molecule has 3 heteroatoms. The zero-order valence-electron chi connectivity index (χ0n) is 14.7. The van der Waals surface area contributed by atoms with Gasteiger partial charge in [-0.25, -0.2) is 0 Å². The van der Waals surface area contributed by atoms with E-state index in [0.29, 0.717) is 11.5 Å². The van der Waals surface area contributed by atoms with Crippen LogP contribution in [0.3, 0.4) is 0 Å². The van der Waals surface area contributed by atoms with Gasteiger partial charge in [-0.3, -0.25) is 0 Å². The lowest BCUT2D eigenvalue weighted by atomic mass is 9.79. The van der Waals surface area contributed by atoms with Gasteiger partial charge in [-0.2, -0.15) is 0 Å². The zero-order valence-corrected chi connectivity index (χ0v) is 14.7. The molecule has 1 saturated carbocycles. The first kappa shape index (κ1) is 17.2. The van der Waals surface area contributed by atoms with Gasteiger partial charge in [0.15, 0.2) is 0 Å². The zero-order chi connectivity index (χ0) is 15.3. The van der Waals surface area contributed by atoms with Crippen LogP contribution in [-0.2, 0) is 4.74 Å². The van der Waals surface area contributed by atoms with Crippen molar-refractivity contribution in [1.82, 2.24) is 10.2 Å². The van der Waals surface area contributed by atoms with E-state index in [1.54, 1.807) is 0 Å². The predicted octanol–water partition coefficient (Wildman–Crippen LogP) is 3.44. The van der Waals surface area contributed by atoms with Crippen LogP contribution in [0.15, 0.2) is 0 Å². The second kappa shape index (κ2) is 7.43. The highest BCUT2D eigenvalue weighted by Gasteiger charge is 2.35. The minimum absolute atomic E-state index is 0.222. The number of likely N-dealkylation sites (tertiary alicyclic amines) is 1. The van der Waals surface area contributed by atoms with Crippen LogP contribution >= 0.6 is 0 Å². The van der Waals surface area contributed by atoms with E-state index in [9.17, 15) is 0 Å². The number of rotatable bonds is 5. The van der Waals surface area contributed by atoms with E-state index in [4.69, 9.17) is 4.74 Å². The highest BCUT2D eigenvalue weighted by molar-refractivity contribution is 4.91. The van der Waals surface area contributed by atoms with Crippen molar-refractivity contribution in [2.45, 2.75) is 77.4 Å². The summed E-state index contributed by atoms with van der Waals surface area (Å²) in [4.78, 5) is 2.66. The molecule has 1 heterocycles. The Balaban J connectivity index is 1.97. The largest absolute Gasteiger partial charge is 0.380 e. The summed E-state index contributed by atoms with van der Waals surface area (Å²) in [6, 6.07) is 0. The fourth-order valence-electron chi connectivity index (χ4n) is 3.93. The summed E-state index contributed by atoms with van der Waals surface area (Å²) in [5.74, 6) is 0. The van der Waals surface area contributed by atoms with E-state index in [1.807, 2.05) is 7.11 Å². The number of nitrogens with zero attached hydrogens (tertiary/aromatic N) is 1. The van der Waals surface area contributed by atoms with Crippen LogP contribution in [-0.4, -0.2) is 49.8 Å². The van der Waals surface area contributed by atoms with Gasteiger partial charge >= 0.3 is 0 Å². The molecule has 1 aliphatic heterocycles. The molecule has 1 atom stereocenters. The molecule has 0 aromatic heterocycles. The Kier molecular flexibility index (Phi) is 6.10. The van der Waals surface area contributed by atoms with Crippen molar-refractivity contribution in [2.24, 2.45) is 5.41 Å². The van der Waals surface area contributed by atoms with Crippen molar-refractivity contribution in [3.05, 3.63) is 0 Å². The van der Waals surface area contributed by atoms with Gasteiger partial charge in [0.2, 0.25) is 0 Å². The Bertz CT molecular complexity index is 303. The van der Waals surface area contributed by atoms with E-state index < -0.39 is 0 Å². The first-order chi connectivity index (χ1) is 9.92. The Labute approximate surface area is 131 Å².